The van der Waals surface area contributed by atoms with Crippen molar-refractivity contribution in [2.75, 3.05) is 13.2 Å². The maximum atomic E-state index is 12.1. The number of carboxylic acids is 1. The second-order valence-electron chi connectivity index (χ2n) is 5.89. The Kier molecular flexibility index (Phi) is 9.78. The molecule has 3 N–H and O–H groups in total. The van der Waals surface area contributed by atoms with Crippen molar-refractivity contribution < 1.29 is 19.8 Å². The van der Waals surface area contributed by atoms with Crippen LogP contribution in [0, 0.1) is 5.92 Å². The van der Waals surface area contributed by atoms with Crippen LogP contribution in [0.3, 0.4) is 0 Å². The van der Waals surface area contributed by atoms with Gasteiger partial charge in [-0.05, 0) is 40.0 Å². The summed E-state index contributed by atoms with van der Waals surface area (Å²) in [6.45, 7) is 8.10. The second-order valence-corrected chi connectivity index (χ2v) is 5.89. The van der Waals surface area contributed by atoms with Crippen LogP contribution in [0.25, 0.3) is 0 Å². The fourth-order valence-electron chi connectivity index (χ4n) is 2.05. The number of nitrogens with one attached hydrogen (secondary N) is 1. The van der Waals surface area contributed by atoms with Crippen LogP contribution in [0.1, 0.15) is 53.4 Å². The number of rotatable bonds is 10. The number of amides is 2. The van der Waals surface area contributed by atoms with Gasteiger partial charge < -0.3 is 20.4 Å². The Balaban J connectivity index is 4.13. The molecule has 0 aliphatic rings. The first-order chi connectivity index (χ1) is 9.79. The van der Waals surface area contributed by atoms with Crippen molar-refractivity contribution in [2.24, 2.45) is 5.92 Å². The zero-order valence-electron chi connectivity index (χ0n) is 13.6. The van der Waals surface area contributed by atoms with Gasteiger partial charge in [0.05, 0.1) is 5.92 Å². The molecule has 6 nitrogen and oxygen atoms in total. The van der Waals surface area contributed by atoms with Crippen molar-refractivity contribution in [3.63, 3.8) is 0 Å². The Morgan fingerprint density at radius 2 is 1.71 bits per heavy atom. The lowest BCUT2D eigenvalue weighted by atomic mass is 10.0. The van der Waals surface area contributed by atoms with E-state index in [-0.39, 0.29) is 30.6 Å². The van der Waals surface area contributed by atoms with Crippen molar-refractivity contribution in [3.05, 3.63) is 0 Å². The fraction of sp³-hybridized carbons (Fsp3) is 0.867. The van der Waals surface area contributed by atoms with Crippen molar-refractivity contribution in [3.8, 4) is 0 Å². The average Bonchev–Trinajstić information content (AvgIpc) is 2.38. The number of hydrogen-bond donors (Lipinski definition) is 3. The Labute approximate surface area is 127 Å². The van der Waals surface area contributed by atoms with E-state index in [9.17, 15) is 9.59 Å². The summed E-state index contributed by atoms with van der Waals surface area (Å²) in [4.78, 5) is 24.6. The van der Waals surface area contributed by atoms with Gasteiger partial charge in [-0.1, -0.05) is 13.3 Å². The minimum Gasteiger partial charge on any atom is -0.481 e. The zero-order valence-corrected chi connectivity index (χ0v) is 13.6. The van der Waals surface area contributed by atoms with E-state index >= 15 is 0 Å². The van der Waals surface area contributed by atoms with Crippen molar-refractivity contribution >= 4 is 12.0 Å². The van der Waals surface area contributed by atoms with E-state index in [1.165, 1.54) is 0 Å². The molecule has 2 atom stereocenters. The predicted molar refractivity (Wildman–Crippen MR) is 82.2 cm³/mol. The van der Waals surface area contributed by atoms with Crippen LogP contribution in [0.4, 0.5) is 4.79 Å². The van der Waals surface area contributed by atoms with E-state index in [0.717, 1.165) is 12.8 Å². The molecule has 0 bridgehead atoms. The number of nitrogens with zero attached hydrogens (tertiary/aromatic N) is 1. The van der Waals surface area contributed by atoms with Gasteiger partial charge >= 0.3 is 12.0 Å². The molecule has 0 radical (unpaired) electrons. The molecule has 0 rings (SSSR count). The molecule has 2 unspecified atom stereocenters. The smallest absolute Gasteiger partial charge is 0.317 e. The summed E-state index contributed by atoms with van der Waals surface area (Å²) in [5.41, 5.74) is 0. The largest absolute Gasteiger partial charge is 0.481 e. The molecule has 0 aromatic carbocycles. The number of carbonyl (C=O) groups excluding carboxylic acids is 1. The molecule has 0 saturated heterocycles. The maximum Gasteiger partial charge on any atom is 0.317 e. The number of aliphatic carboxylic acids is 1. The first-order valence-electron chi connectivity index (χ1n) is 7.70. The Hall–Kier alpha value is -1.30. The molecule has 124 valence electrons. The molecular formula is C15H30N2O4. The van der Waals surface area contributed by atoms with Crippen LogP contribution in [0.15, 0.2) is 0 Å². The third kappa shape index (κ3) is 8.55. The zero-order chi connectivity index (χ0) is 16.4. The highest BCUT2D eigenvalue weighted by atomic mass is 16.4. The maximum absolute atomic E-state index is 12.1. The van der Waals surface area contributed by atoms with Gasteiger partial charge in [0.2, 0.25) is 0 Å². The van der Waals surface area contributed by atoms with Crippen LogP contribution in [-0.2, 0) is 4.79 Å². The van der Waals surface area contributed by atoms with Gasteiger partial charge in [-0.15, -0.1) is 0 Å². The fourth-order valence-corrected chi connectivity index (χ4v) is 2.05. The number of aliphatic hydroxyl groups excluding tert-OH is 1. The van der Waals surface area contributed by atoms with E-state index < -0.39 is 5.97 Å². The quantitative estimate of drug-likeness (QED) is 0.576. The molecule has 6 heteroatoms. The van der Waals surface area contributed by atoms with E-state index in [0.29, 0.717) is 19.4 Å². The second kappa shape index (κ2) is 10.4. The molecule has 0 aliphatic heterocycles. The van der Waals surface area contributed by atoms with Gasteiger partial charge in [0.1, 0.15) is 0 Å². The van der Waals surface area contributed by atoms with Crippen molar-refractivity contribution in [2.45, 2.75) is 65.5 Å². The van der Waals surface area contributed by atoms with Crippen molar-refractivity contribution in [1.29, 1.82) is 0 Å². The number of urea groups is 1. The summed E-state index contributed by atoms with van der Waals surface area (Å²) < 4.78 is 0. The van der Waals surface area contributed by atoms with Gasteiger partial charge in [0.25, 0.3) is 0 Å². The molecule has 0 spiro atoms. The van der Waals surface area contributed by atoms with Gasteiger partial charge in [0, 0.05) is 25.2 Å². The van der Waals surface area contributed by atoms with Crippen LogP contribution < -0.4 is 5.32 Å². The minimum absolute atomic E-state index is 0.00821. The third-order valence-electron chi connectivity index (χ3n) is 3.51. The minimum atomic E-state index is -0.776. The monoisotopic (exact) mass is 302 g/mol. The lowest BCUT2D eigenvalue weighted by Crippen LogP contribution is -2.47. The molecule has 0 aromatic heterocycles. The Bertz CT molecular complexity index is 321. The average molecular weight is 302 g/mol. The Morgan fingerprint density at radius 1 is 1.10 bits per heavy atom. The summed E-state index contributed by atoms with van der Waals surface area (Å²) >= 11 is 0. The molecule has 0 heterocycles. The lowest BCUT2D eigenvalue weighted by Gasteiger charge is -2.28. The first kappa shape index (κ1) is 19.7. The summed E-state index contributed by atoms with van der Waals surface area (Å²) in [6.07, 6.45) is 2.71. The molecule has 0 aliphatic carbocycles. The lowest BCUT2D eigenvalue weighted by molar-refractivity contribution is -0.141. The molecule has 21 heavy (non-hydrogen) atoms. The highest BCUT2D eigenvalue weighted by Crippen LogP contribution is 2.10. The Morgan fingerprint density at radius 3 is 2.19 bits per heavy atom. The number of carboxylic acid groups (broad SMARTS) is 1. The number of aliphatic hydroxyl groups is 1. The predicted octanol–water partition coefficient (Wildman–Crippen LogP) is 2.07. The number of carbonyl (C=O) groups is 2. The van der Waals surface area contributed by atoms with Crippen LogP contribution >= 0.6 is 0 Å². The van der Waals surface area contributed by atoms with E-state index in [1.54, 1.807) is 11.8 Å². The van der Waals surface area contributed by atoms with Crippen LogP contribution in [0.5, 0.6) is 0 Å². The van der Waals surface area contributed by atoms with E-state index in [4.69, 9.17) is 10.2 Å². The molecular weight excluding hydrogens is 272 g/mol. The van der Waals surface area contributed by atoms with Crippen LogP contribution in [-0.4, -0.2) is 52.3 Å². The first-order valence-corrected chi connectivity index (χ1v) is 7.70. The molecule has 0 fully saturated rings. The van der Waals surface area contributed by atoms with Gasteiger partial charge in [-0.2, -0.15) is 0 Å². The summed E-state index contributed by atoms with van der Waals surface area (Å²) in [5.74, 6) is -1.12. The topological polar surface area (TPSA) is 89.9 Å². The third-order valence-corrected chi connectivity index (χ3v) is 3.51. The van der Waals surface area contributed by atoms with Crippen molar-refractivity contribution in [1.82, 2.24) is 10.2 Å². The highest BCUT2D eigenvalue weighted by molar-refractivity contribution is 5.74. The summed E-state index contributed by atoms with van der Waals surface area (Å²) in [5, 5.41) is 20.6. The van der Waals surface area contributed by atoms with Gasteiger partial charge in [0.15, 0.2) is 0 Å². The highest BCUT2D eigenvalue weighted by Gasteiger charge is 2.18. The SMILES string of the molecule is CC(CCCC(C)C(=O)O)NC(=O)N(CCCO)C(C)C. The normalized spacial score (nSPS) is 13.8. The molecule has 2 amide bonds. The summed E-state index contributed by atoms with van der Waals surface area (Å²) in [6, 6.07) is -0.0399. The van der Waals surface area contributed by atoms with E-state index in [2.05, 4.69) is 5.32 Å². The van der Waals surface area contributed by atoms with Gasteiger partial charge in [-0.3, -0.25) is 4.79 Å². The molecule has 0 aromatic rings. The van der Waals surface area contributed by atoms with Gasteiger partial charge in [-0.25, -0.2) is 4.79 Å². The standard InChI is InChI=1S/C15H30N2O4/c1-11(2)17(9-6-10-18)15(21)16-13(4)8-5-7-12(3)14(19)20/h11-13,18H,5-10H2,1-4H3,(H,16,21)(H,19,20). The van der Waals surface area contributed by atoms with E-state index in [1.807, 2.05) is 20.8 Å². The van der Waals surface area contributed by atoms with Crippen LogP contribution in [0.2, 0.25) is 0 Å². The molecule has 0 saturated carbocycles. The summed E-state index contributed by atoms with van der Waals surface area (Å²) in [7, 11) is 0. The number of hydrogen-bond acceptors (Lipinski definition) is 3.